The molecule has 3 rings (SSSR count). The second-order valence-electron chi connectivity index (χ2n) is 5.37. The maximum atomic E-state index is 6.14. The van der Waals surface area contributed by atoms with Crippen LogP contribution in [0.1, 0.15) is 19.2 Å². The molecule has 0 spiro atoms. The zero-order valence-electron chi connectivity index (χ0n) is 13.6. The van der Waals surface area contributed by atoms with Gasteiger partial charge in [-0.15, -0.1) is 0 Å². The van der Waals surface area contributed by atoms with Crippen molar-refractivity contribution in [3.05, 3.63) is 30.1 Å². The highest BCUT2D eigenvalue weighted by atomic mass is 16.5. The van der Waals surface area contributed by atoms with Gasteiger partial charge < -0.3 is 19.8 Å². The number of pyridine rings is 1. The van der Waals surface area contributed by atoms with E-state index in [2.05, 4.69) is 20.6 Å². The van der Waals surface area contributed by atoms with Gasteiger partial charge in [-0.05, 0) is 19.4 Å². The first-order chi connectivity index (χ1) is 11.3. The number of fused-ring (bicyclic) bond motifs is 3. The number of aryl methyl sites for hydroxylation is 1. The number of hydrogen-bond acceptors (Lipinski definition) is 5. The lowest BCUT2D eigenvalue weighted by atomic mass is 10.2. The summed E-state index contributed by atoms with van der Waals surface area (Å²) in [6.45, 7) is 4.59. The number of methoxy groups -OCH3 is 1. The summed E-state index contributed by atoms with van der Waals surface area (Å²) in [5, 5.41) is 1.06. The molecule has 0 amide bonds. The molecule has 0 saturated heterocycles. The molecule has 6 heteroatoms. The molecule has 0 radical (unpaired) electrons. The number of rotatable bonds is 7. The van der Waals surface area contributed by atoms with Gasteiger partial charge in [0.05, 0.1) is 11.0 Å². The summed E-state index contributed by atoms with van der Waals surface area (Å²) in [6, 6.07) is 8.00. The standard InChI is InChI=1S/C17H22N4O2/c1-3-23-11-14-20-15-16(21(14)9-6-10-22-2)12-7-4-5-8-13(12)19-17(15)18/h4-5,7-8H,3,6,9-11H2,1-2H3,(H2,18,19). The van der Waals surface area contributed by atoms with Crippen LogP contribution in [0.5, 0.6) is 0 Å². The van der Waals surface area contributed by atoms with Gasteiger partial charge in [-0.2, -0.15) is 0 Å². The average Bonchev–Trinajstić information content (AvgIpc) is 2.93. The van der Waals surface area contributed by atoms with Crippen molar-refractivity contribution in [1.29, 1.82) is 0 Å². The van der Waals surface area contributed by atoms with Crippen LogP contribution in [0.3, 0.4) is 0 Å². The molecule has 0 aliphatic rings. The minimum atomic E-state index is 0.460. The predicted molar refractivity (Wildman–Crippen MR) is 91.3 cm³/mol. The van der Waals surface area contributed by atoms with Gasteiger partial charge in [-0.25, -0.2) is 9.97 Å². The first-order valence-electron chi connectivity index (χ1n) is 7.86. The molecule has 0 aliphatic carbocycles. The smallest absolute Gasteiger partial charge is 0.152 e. The monoisotopic (exact) mass is 314 g/mol. The molecule has 2 heterocycles. The van der Waals surface area contributed by atoms with Gasteiger partial charge >= 0.3 is 0 Å². The number of imidazole rings is 1. The third kappa shape index (κ3) is 3.00. The van der Waals surface area contributed by atoms with Crippen LogP contribution in [0.25, 0.3) is 21.9 Å². The van der Waals surface area contributed by atoms with Crippen molar-refractivity contribution in [1.82, 2.24) is 14.5 Å². The summed E-state index contributed by atoms with van der Waals surface area (Å²) in [7, 11) is 1.71. The summed E-state index contributed by atoms with van der Waals surface area (Å²) >= 11 is 0. The topological polar surface area (TPSA) is 75.2 Å². The third-order valence-electron chi connectivity index (χ3n) is 3.85. The van der Waals surface area contributed by atoms with Crippen LogP contribution in [-0.4, -0.2) is 34.9 Å². The van der Waals surface area contributed by atoms with Gasteiger partial charge in [0.25, 0.3) is 0 Å². The number of benzene rings is 1. The number of nitrogens with zero attached hydrogens (tertiary/aromatic N) is 3. The van der Waals surface area contributed by atoms with Crippen molar-refractivity contribution >= 4 is 27.8 Å². The van der Waals surface area contributed by atoms with E-state index in [9.17, 15) is 0 Å². The molecule has 0 aliphatic heterocycles. The number of aromatic nitrogens is 3. The fourth-order valence-corrected chi connectivity index (χ4v) is 2.82. The van der Waals surface area contributed by atoms with Crippen molar-refractivity contribution in [3.8, 4) is 0 Å². The van der Waals surface area contributed by atoms with Crippen LogP contribution >= 0.6 is 0 Å². The lowest BCUT2D eigenvalue weighted by Crippen LogP contribution is -2.08. The zero-order chi connectivity index (χ0) is 16.2. The molecule has 0 atom stereocenters. The number of para-hydroxylation sites is 1. The number of anilines is 1. The molecule has 0 fully saturated rings. The Labute approximate surface area is 135 Å². The maximum absolute atomic E-state index is 6.14. The van der Waals surface area contributed by atoms with Gasteiger partial charge in [0.15, 0.2) is 5.82 Å². The number of ether oxygens (including phenoxy) is 2. The predicted octanol–water partition coefficient (Wildman–Crippen LogP) is 2.74. The summed E-state index contributed by atoms with van der Waals surface area (Å²) < 4.78 is 12.9. The van der Waals surface area contributed by atoms with Crippen molar-refractivity contribution in [2.45, 2.75) is 26.5 Å². The van der Waals surface area contributed by atoms with E-state index in [1.54, 1.807) is 7.11 Å². The first-order valence-corrected chi connectivity index (χ1v) is 7.86. The second-order valence-corrected chi connectivity index (χ2v) is 5.37. The number of nitrogen functional groups attached to an aromatic ring is 1. The maximum Gasteiger partial charge on any atom is 0.152 e. The third-order valence-corrected chi connectivity index (χ3v) is 3.85. The Kier molecular flexibility index (Phi) is 4.73. The molecule has 3 aromatic rings. The van der Waals surface area contributed by atoms with E-state index in [1.807, 2.05) is 25.1 Å². The van der Waals surface area contributed by atoms with Gasteiger partial charge in [0.2, 0.25) is 0 Å². The largest absolute Gasteiger partial charge is 0.385 e. The molecule has 1 aromatic carbocycles. The fourth-order valence-electron chi connectivity index (χ4n) is 2.82. The highest BCUT2D eigenvalue weighted by Crippen LogP contribution is 2.29. The Hall–Kier alpha value is -2.18. The van der Waals surface area contributed by atoms with Crippen LogP contribution in [-0.2, 0) is 22.6 Å². The minimum Gasteiger partial charge on any atom is -0.385 e. The van der Waals surface area contributed by atoms with E-state index in [0.29, 0.717) is 25.6 Å². The van der Waals surface area contributed by atoms with Crippen LogP contribution in [0.4, 0.5) is 5.82 Å². The van der Waals surface area contributed by atoms with Crippen molar-refractivity contribution in [3.63, 3.8) is 0 Å². The minimum absolute atomic E-state index is 0.460. The summed E-state index contributed by atoms with van der Waals surface area (Å²) in [5.41, 5.74) is 8.79. The normalized spacial score (nSPS) is 11.6. The van der Waals surface area contributed by atoms with E-state index in [4.69, 9.17) is 15.2 Å². The quantitative estimate of drug-likeness (QED) is 0.679. The van der Waals surface area contributed by atoms with Gasteiger partial charge in [-0.3, -0.25) is 0 Å². The Bertz CT molecular complexity index is 813. The van der Waals surface area contributed by atoms with Crippen LogP contribution in [0, 0.1) is 0 Å². The van der Waals surface area contributed by atoms with Gasteiger partial charge in [0.1, 0.15) is 17.9 Å². The van der Waals surface area contributed by atoms with Crippen LogP contribution in [0.15, 0.2) is 24.3 Å². The summed E-state index contributed by atoms with van der Waals surface area (Å²) in [6.07, 6.45) is 0.900. The summed E-state index contributed by atoms with van der Waals surface area (Å²) in [5.74, 6) is 1.34. The second kappa shape index (κ2) is 6.93. The lowest BCUT2D eigenvalue weighted by Gasteiger charge is -2.10. The Balaban J connectivity index is 2.19. The molecular formula is C17H22N4O2. The molecule has 0 bridgehead atoms. The molecule has 2 aromatic heterocycles. The van der Waals surface area contributed by atoms with Crippen LogP contribution in [0.2, 0.25) is 0 Å². The SMILES string of the molecule is CCOCc1nc2c(N)nc3ccccc3c2n1CCCOC. The lowest BCUT2D eigenvalue weighted by molar-refractivity contribution is 0.125. The molecule has 23 heavy (non-hydrogen) atoms. The van der Waals surface area contributed by atoms with E-state index in [-0.39, 0.29) is 0 Å². The number of hydrogen-bond donors (Lipinski definition) is 1. The van der Waals surface area contributed by atoms with Crippen LogP contribution < -0.4 is 5.73 Å². The molecule has 122 valence electrons. The van der Waals surface area contributed by atoms with Crippen molar-refractivity contribution < 1.29 is 9.47 Å². The van der Waals surface area contributed by atoms with E-state index in [0.717, 1.165) is 40.7 Å². The highest BCUT2D eigenvalue weighted by molar-refractivity contribution is 6.06. The molecule has 0 unspecified atom stereocenters. The van der Waals surface area contributed by atoms with E-state index >= 15 is 0 Å². The highest BCUT2D eigenvalue weighted by Gasteiger charge is 2.16. The first kappa shape index (κ1) is 15.7. The zero-order valence-corrected chi connectivity index (χ0v) is 13.6. The average molecular weight is 314 g/mol. The summed E-state index contributed by atoms with van der Waals surface area (Å²) in [4.78, 5) is 9.16. The Morgan fingerprint density at radius 3 is 2.83 bits per heavy atom. The fraction of sp³-hybridized carbons (Fsp3) is 0.412. The van der Waals surface area contributed by atoms with E-state index in [1.165, 1.54) is 0 Å². The molecular weight excluding hydrogens is 292 g/mol. The van der Waals surface area contributed by atoms with Gasteiger partial charge in [-0.1, -0.05) is 18.2 Å². The molecule has 6 nitrogen and oxygen atoms in total. The Morgan fingerprint density at radius 1 is 1.22 bits per heavy atom. The Morgan fingerprint density at radius 2 is 2.04 bits per heavy atom. The van der Waals surface area contributed by atoms with Crippen molar-refractivity contribution in [2.75, 3.05) is 26.1 Å². The molecule has 2 N–H and O–H groups in total. The molecule has 0 saturated carbocycles. The van der Waals surface area contributed by atoms with Gasteiger partial charge in [0, 0.05) is 32.3 Å². The van der Waals surface area contributed by atoms with E-state index < -0.39 is 0 Å². The van der Waals surface area contributed by atoms with Crippen molar-refractivity contribution in [2.24, 2.45) is 0 Å². The number of nitrogens with two attached hydrogens (primary N) is 1.